The molecule has 246 valence electrons. The van der Waals surface area contributed by atoms with Gasteiger partial charge in [-0.2, -0.15) is 0 Å². The standard InChI is InChI=1S/C49H33NOS/c1-3-15-32(16-4-1)49(40-23-10-7-19-35(40)36-20-8-11-24-41(36)49)33-29-30-37-38-22-13-26-43(48(38)51-44(37)31-33)50(34-17-5-2-6-18-34)42-25-14-28-46-47(42)39-21-9-12-27-45(39)52-46/h1-19,21-31,36H,20H2. The van der Waals surface area contributed by atoms with E-state index < -0.39 is 5.41 Å². The molecule has 0 spiro atoms. The molecule has 0 amide bonds. The number of anilines is 3. The highest BCUT2D eigenvalue weighted by Crippen LogP contribution is 2.59. The molecule has 2 aliphatic rings. The number of hydrogen-bond donors (Lipinski definition) is 0. The summed E-state index contributed by atoms with van der Waals surface area (Å²) in [6.07, 6.45) is 7.94. The van der Waals surface area contributed by atoms with Gasteiger partial charge in [-0.25, -0.2) is 0 Å². The zero-order valence-corrected chi connectivity index (χ0v) is 29.2. The maximum Gasteiger partial charge on any atom is 0.159 e. The van der Waals surface area contributed by atoms with Crippen LogP contribution in [0.5, 0.6) is 0 Å². The predicted molar refractivity (Wildman–Crippen MR) is 219 cm³/mol. The molecular formula is C49H33NOS. The van der Waals surface area contributed by atoms with Crippen LogP contribution in [0.25, 0.3) is 42.1 Å². The maximum absolute atomic E-state index is 7.12. The molecule has 52 heavy (non-hydrogen) atoms. The molecule has 2 heterocycles. The third-order valence-electron chi connectivity index (χ3n) is 11.3. The summed E-state index contributed by atoms with van der Waals surface area (Å²) in [7, 11) is 0. The summed E-state index contributed by atoms with van der Waals surface area (Å²) in [5.74, 6) is 0.342. The van der Waals surface area contributed by atoms with E-state index in [1.807, 2.05) is 11.3 Å². The van der Waals surface area contributed by atoms with Crippen LogP contribution in [0.3, 0.4) is 0 Å². The zero-order valence-electron chi connectivity index (χ0n) is 28.4. The Morgan fingerprint density at radius 1 is 0.596 bits per heavy atom. The van der Waals surface area contributed by atoms with E-state index in [1.54, 1.807) is 0 Å². The van der Waals surface area contributed by atoms with Gasteiger partial charge >= 0.3 is 0 Å². The molecule has 7 aromatic carbocycles. The van der Waals surface area contributed by atoms with E-state index in [0.717, 1.165) is 45.4 Å². The number of allylic oxidation sites excluding steroid dienone is 4. The summed E-state index contributed by atoms with van der Waals surface area (Å²) >= 11 is 1.85. The van der Waals surface area contributed by atoms with Gasteiger partial charge < -0.3 is 9.32 Å². The first-order chi connectivity index (χ1) is 25.8. The van der Waals surface area contributed by atoms with Crippen molar-refractivity contribution in [3.8, 4) is 0 Å². The van der Waals surface area contributed by atoms with E-state index >= 15 is 0 Å². The largest absolute Gasteiger partial charge is 0.454 e. The minimum Gasteiger partial charge on any atom is -0.454 e. The van der Waals surface area contributed by atoms with Crippen molar-refractivity contribution in [2.24, 2.45) is 0 Å². The number of rotatable bonds is 5. The molecule has 9 aromatic rings. The average Bonchev–Trinajstić information content (AvgIpc) is 3.88. The molecule has 0 N–H and O–H groups in total. The van der Waals surface area contributed by atoms with Gasteiger partial charge in [-0.1, -0.05) is 140 Å². The van der Waals surface area contributed by atoms with Crippen LogP contribution in [-0.4, -0.2) is 0 Å². The van der Waals surface area contributed by atoms with Crippen LogP contribution < -0.4 is 4.90 Å². The van der Waals surface area contributed by atoms with Crippen molar-refractivity contribution in [2.75, 3.05) is 4.90 Å². The number of thiophene rings is 1. The zero-order chi connectivity index (χ0) is 34.2. The fourth-order valence-electron chi connectivity index (χ4n) is 9.23. The molecule has 2 unspecified atom stereocenters. The fourth-order valence-corrected chi connectivity index (χ4v) is 10.4. The van der Waals surface area contributed by atoms with Gasteiger partial charge in [0.05, 0.1) is 16.8 Å². The monoisotopic (exact) mass is 683 g/mol. The Balaban J connectivity index is 1.17. The number of para-hydroxylation sites is 2. The molecular weight excluding hydrogens is 651 g/mol. The molecule has 0 aliphatic heterocycles. The van der Waals surface area contributed by atoms with Gasteiger partial charge in [-0.15, -0.1) is 11.3 Å². The van der Waals surface area contributed by atoms with Crippen molar-refractivity contribution in [3.05, 3.63) is 210 Å². The fraction of sp³-hybridized carbons (Fsp3) is 0.0612. The van der Waals surface area contributed by atoms with E-state index in [2.05, 4.69) is 187 Å². The van der Waals surface area contributed by atoms with Crippen LogP contribution in [0.15, 0.2) is 192 Å². The van der Waals surface area contributed by atoms with Crippen molar-refractivity contribution in [2.45, 2.75) is 17.8 Å². The highest BCUT2D eigenvalue weighted by atomic mass is 32.1. The van der Waals surface area contributed by atoms with Gasteiger partial charge in [0.25, 0.3) is 0 Å². The predicted octanol–water partition coefficient (Wildman–Crippen LogP) is 13.7. The Morgan fingerprint density at radius 3 is 2.23 bits per heavy atom. The average molecular weight is 684 g/mol. The smallest absolute Gasteiger partial charge is 0.159 e. The molecule has 0 radical (unpaired) electrons. The topological polar surface area (TPSA) is 16.4 Å². The minimum absolute atomic E-state index is 0.342. The van der Waals surface area contributed by atoms with Crippen LogP contribution in [-0.2, 0) is 5.41 Å². The van der Waals surface area contributed by atoms with E-state index in [-0.39, 0.29) is 0 Å². The van der Waals surface area contributed by atoms with Crippen LogP contribution in [0.4, 0.5) is 17.1 Å². The number of benzene rings is 7. The molecule has 2 atom stereocenters. The molecule has 0 saturated carbocycles. The van der Waals surface area contributed by atoms with Gasteiger partial charge in [0.15, 0.2) is 5.58 Å². The van der Waals surface area contributed by atoms with Gasteiger partial charge in [0, 0.05) is 42.6 Å². The first kappa shape index (κ1) is 29.6. The second kappa shape index (κ2) is 11.4. The third kappa shape index (κ3) is 4.11. The Hall–Kier alpha value is -6.16. The lowest BCUT2D eigenvalue weighted by atomic mass is 9.66. The summed E-state index contributed by atoms with van der Waals surface area (Å²) < 4.78 is 9.68. The van der Waals surface area contributed by atoms with E-state index in [0.29, 0.717) is 5.92 Å². The SMILES string of the molecule is C1=CCC2C(=C1)C(c1ccccc1)(c1ccc3c(c1)oc1c(N(c4ccccc4)c4cccc5sc6ccccc6c45)cccc13)c1ccccc12. The number of hydrogen-bond acceptors (Lipinski definition) is 3. The van der Waals surface area contributed by atoms with Crippen molar-refractivity contribution in [1.29, 1.82) is 0 Å². The highest BCUT2D eigenvalue weighted by molar-refractivity contribution is 7.26. The Bertz CT molecular complexity index is 2900. The first-order valence-electron chi connectivity index (χ1n) is 18.0. The first-order valence-corrected chi connectivity index (χ1v) is 18.9. The lowest BCUT2D eigenvalue weighted by Gasteiger charge is -2.35. The van der Waals surface area contributed by atoms with Crippen LogP contribution in [0.2, 0.25) is 0 Å². The van der Waals surface area contributed by atoms with Crippen LogP contribution in [0, 0.1) is 0 Å². The van der Waals surface area contributed by atoms with Crippen molar-refractivity contribution >= 4 is 70.5 Å². The normalized spacial score (nSPS) is 17.8. The van der Waals surface area contributed by atoms with E-state index in [4.69, 9.17) is 4.42 Å². The molecule has 0 saturated heterocycles. The molecule has 0 fully saturated rings. The Labute approximate surface area is 306 Å². The van der Waals surface area contributed by atoms with Crippen molar-refractivity contribution in [3.63, 3.8) is 0 Å². The number of nitrogens with zero attached hydrogens (tertiary/aromatic N) is 1. The van der Waals surface area contributed by atoms with Gasteiger partial charge in [0.2, 0.25) is 0 Å². The summed E-state index contributed by atoms with van der Waals surface area (Å²) in [6, 6.07) is 59.8. The van der Waals surface area contributed by atoms with E-state index in [9.17, 15) is 0 Å². The van der Waals surface area contributed by atoms with E-state index in [1.165, 1.54) is 48.0 Å². The van der Waals surface area contributed by atoms with Crippen molar-refractivity contribution in [1.82, 2.24) is 0 Å². The van der Waals surface area contributed by atoms with Gasteiger partial charge in [-0.05, 0) is 76.7 Å². The lowest BCUT2D eigenvalue weighted by molar-refractivity contribution is 0.661. The maximum atomic E-state index is 7.12. The van der Waals surface area contributed by atoms with Crippen LogP contribution in [0.1, 0.15) is 34.6 Å². The van der Waals surface area contributed by atoms with Gasteiger partial charge in [-0.3, -0.25) is 0 Å². The van der Waals surface area contributed by atoms with Gasteiger partial charge in [0.1, 0.15) is 5.58 Å². The molecule has 2 aromatic heterocycles. The molecule has 3 heteroatoms. The van der Waals surface area contributed by atoms with Crippen molar-refractivity contribution < 1.29 is 4.42 Å². The molecule has 11 rings (SSSR count). The Morgan fingerprint density at radius 2 is 1.33 bits per heavy atom. The second-order valence-electron chi connectivity index (χ2n) is 13.9. The van der Waals surface area contributed by atoms with Crippen LogP contribution >= 0.6 is 11.3 Å². The Kier molecular flexibility index (Phi) is 6.50. The lowest BCUT2D eigenvalue weighted by Crippen LogP contribution is -2.29. The summed E-state index contributed by atoms with van der Waals surface area (Å²) in [5, 5.41) is 4.77. The third-order valence-corrected chi connectivity index (χ3v) is 12.5. The summed E-state index contributed by atoms with van der Waals surface area (Å²) in [5.41, 5.74) is 11.4. The minimum atomic E-state index is -0.422. The summed E-state index contributed by atoms with van der Waals surface area (Å²) in [4.78, 5) is 2.38. The highest BCUT2D eigenvalue weighted by Gasteiger charge is 2.50. The number of furan rings is 1. The summed E-state index contributed by atoms with van der Waals surface area (Å²) in [6.45, 7) is 0. The number of fused-ring (bicyclic) bond motifs is 9. The molecule has 2 aliphatic carbocycles. The second-order valence-corrected chi connectivity index (χ2v) is 15.0. The quantitative estimate of drug-likeness (QED) is 0.180. The molecule has 0 bridgehead atoms. The molecule has 2 nitrogen and oxygen atoms in total.